The molecular weight excluding hydrogens is 405 g/mol. The average Bonchev–Trinajstić information content (AvgIpc) is 2.82. The lowest BCUT2D eigenvalue weighted by molar-refractivity contribution is 0.0721. The number of rotatable bonds is 7. The van der Waals surface area contributed by atoms with E-state index in [1.165, 1.54) is 28.9 Å². The first-order valence-electron chi connectivity index (χ1n) is 10.3. The zero-order valence-corrected chi connectivity index (χ0v) is 17.4. The van der Waals surface area contributed by atoms with Gasteiger partial charge in [-0.05, 0) is 34.9 Å². The van der Waals surface area contributed by atoms with E-state index in [1.807, 2.05) is 60.7 Å². The van der Waals surface area contributed by atoms with Crippen LogP contribution in [0.15, 0.2) is 102 Å². The number of hydrogen-bond donors (Lipinski definition) is 0. The monoisotopic (exact) mass is 427 g/mol. The highest BCUT2D eigenvalue weighted by molar-refractivity contribution is 5.92. The van der Waals surface area contributed by atoms with Crippen molar-refractivity contribution >= 4 is 5.91 Å². The lowest BCUT2D eigenvalue weighted by Crippen LogP contribution is -2.33. The van der Waals surface area contributed by atoms with Gasteiger partial charge in [0.2, 0.25) is 0 Å². The van der Waals surface area contributed by atoms with Crippen LogP contribution in [0, 0.1) is 5.82 Å². The van der Waals surface area contributed by atoms with Crippen LogP contribution in [0.1, 0.15) is 27.2 Å². The predicted octanol–water partition coefficient (Wildman–Crippen LogP) is 4.27. The van der Waals surface area contributed by atoms with Crippen molar-refractivity contribution in [1.29, 1.82) is 0 Å². The van der Waals surface area contributed by atoms with Gasteiger partial charge >= 0.3 is 0 Å². The molecule has 1 aromatic heterocycles. The molecule has 0 atom stereocenters. The van der Waals surface area contributed by atoms with E-state index < -0.39 is 0 Å². The summed E-state index contributed by atoms with van der Waals surface area (Å²) >= 11 is 0. The maximum Gasteiger partial charge on any atom is 0.274 e. The largest absolute Gasteiger partial charge is 0.329 e. The number of nitrogens with zero attached hydrogens (tertiary/aromatic N) is 3. The van der Waals surface area contributed by atoms with E-state index in [2.05, 4.69) is 5.10 Å². The molecule has 0 spiro atoms. The normalized spacial score (nSPS) is 10.7. The molecule has 0 unspecified atom stereocenters. The van der Waals surface area contributed by atoms with Crippen molar-refractivity contribution in [2.45, 2.75) is 19.6 Å². The van der Waals surface area contributed by atoms with E-state index in [1.54, 1.807) is 17.0 Å². The van der Waals surface area contributed by atoms with E-state index in [-0.39, 0.29) is 29.5 Å². The van der Waals surface area contributed by atoms with Crippen LogP contribution < -0.4 is 5.56 Å². The summed E-state index contributed by atoms with van der Waals surface area (Å²) < 4.78 is 14.4. The van der Waals surface area contributed by atoms with Crippen LogP contribution in [0.3, 0.4) is 0 Å². The van der Waals surface area contributed by atoms with Gasteiger partial charge < -0.3 is 4.90 Å². The third-order valence-corrected chi connectivity index (χ3v) is 5.05. The van der Waals surface area contributed by atoms with E-state index in [4.69, 9.17) is 0 Å². The van der Waals surface area contributed by atoms with Gasteiger partial charge in [0.25, 0.3) is 11.5 Å². The van der Waals surface area contributed by atoms with Crippen molar-refractivity contribution in [3.63, 3.8) is 0 Å². The van der Waals surface area contributed by atoms with E-state index in [0.29, 0.717) is 13.1 Å². The van der Waals surface area contributed by atoms with Crippen LogP contribution in [-0.4, -0.2) is 20.6 Å². The average molecular weight is 427 g/mol. The molecule has 3 aromatic carbocycles. The summed E-state index contributed by atoms with van der Waals surface area (Å²) in [6.07, 6.45) is 0. The molecule has 4 rings (SSSR count). The third-order valence-electron chi connectivity index (χ3n) is 5.05. The minimum atomic E-state index is -0.351. The van der Waals surface area contributed by atoms with E-state index >= 15 is 0 Å². The minimum absolute atomic E-state index is 0.150. The third kappa shape index (κ3) is 5.35. The fourth-order valence-electron chi connectivity index (χ4n) is 3.41. The first kappa shape index (κ1) is 21.2. The van der Waals surface area contributed by atoms with Gasteiger partial charge in [-0.25, -0.2) is 9.07 Å². The first-order valence-corrected chi connectivity index (χ1v) is 10.3. The molecule has 5 nitrogen and oxygen atoms in total. The lowest BCUT2D eigenvalue weighted by atomic mass is 10.1. The van der Waals surface area contributed by atoms with Crippen LogP contribution in [0.5, 0.6) is 0 Å². The molecule has 4 aromatic rings. The second kappa shape index (κ2) is 9.83. The summed E-state index contributed by atoms with van der Waals surface area (Å²) in [7, 11) is 0. The molecule has 1 amide bonds. The highest BCUT2D eigenvalue weighted by atomic mass is 19.1. The molecule has 160 valence electrons. The first-order chi connectivity index (χ1) is 15.6. The molecule has 6 heteroatoms. The van der Waals surface area contributed by atoms with Crippen LogP contribution >= 0.6 is 0 Å². The van der Waals surface area contributed by atoms with Gasteiger partial charge in [-0.15, -0.1) is 0 Å². The Morgan fingerprint density at radius 2 is 1.31 bits per heavy atom. The Hall–Kier alpha value is -4.06. The zero-order chi connectivity index (χ0) is 22.3. The lowest BCUT2D eigenvalue weighted by Gasteiger charge is -2.23. The van der Waals surface area contributed by atoms with Crippen LogP contribution in [-0.2, 0) is 19.6 Å². The molecule has 0 aliphatic rings. The number of amides is 1. The van der Waals surface area contributed by atoms with Crippen molar-refractivity contribution in [2.24, 2.45) is 0 Å². The molecular formula is C26H22FN3O2. The van der Waals surface area contributed by atoms with Crippen molar-refractivity contribution in [2.75, 3.05) is 0 Å². The van der Waals surface area contributed by atoms with Crippen molar-refractivity contribution in [3.05, 3.63) is 136 Å². The number of carbonyl (C=O) groups is 1. The molecule has 0 saturated carbocycles. The second-order valence-corrected chi connectivity index (χ2v) is 7.47. The van der Waals surface area contributed by atoms with Gasteiger partial charge in [-0.2, -0.15) is 5.10 Å². The molecule has 0 bridgehead atoms. The fourth-order valence-corrected chi connectivity index (χ4v) is 3.41. The minimum Gasteiger partial charge on any atom is -0.329 e. The summed E-state index contributed by atoms with van der Waals surface area (Å²) in [6, 6.07) is 28.1. The molecule has 0 N–H and O–H groups in total. The number of aromatic nitrogens is 2. The van der Waals surface area contributed by atoms with Crippen LogP contribution in [0.2, 0.25) is 0 Å². The van der Waals surface area contributed by atoms with Crippen LogP contribution in [0.25, 0.3) is 0 Å². The number of halogens is 1. The Kier molecular flexibility index (Phi) is 6.51. The molecule has 0 saturated heterocycles. The summed E-state index contributed by atoms with van der Waals surface area (Å²) in [5.74, 6) is -0.624. The topological polar surface area (TPSA) is 55.2 Å². The Morgan fingerprint density at radius 1 is 0.750 bits per heavy atom. The van der Waals surface area contributed by atoms with Crippen LogP contribution in [0.4, 0.5) is 4.39 Å². The SMILES string of the molecule is O=C(c1ccc(=O)n(Cc2ccc(F)cc2)n1)N(Cc1ccccc1)Cc1ccccc1. The molecule has 1 heterocycles. The highest BCUT2D eigenvalue weighted by Gasteiger charge is 2.19. The smallest absolute Gasteiger partial charge is 0.274 e. The fraction of sp³-hybridized carbons (Fsp3) is 0.115. The Morgan fingerprint density at radius 3 is 1.88 bits per heavy atom. The van der Waals surface area contributed by atoms with Crippen molar-refractivity contribution < 1.29 is 9.18 Å². The Balaban J connectivity index is 1.62. The summed E-state index contributed by atoms with van der Waals surface area (Å²) in [4.78, 5) is 27.4. The zero-order valence-electron chi connectivity index (χ0n) is 17.4. The predicted molar refractivity (Wildman–Crippen MR) is 120 cm³/mol. The maximum atomic E-state index is 13.4. The summed E-state index contributed by atoms with van der Waals surface area (Å²) in [5.41, 5.74) is 2.56. The van der Waals surface area contributed by atoms with E-state index in [0.717, 1.165) is 16.7 Å². The molecule has 0 radical (unpaired) electrons. The molecule has 32 heavy (non-hydrogen) atoms. The van der Waals surface area contributed by atoms with Gasteiger partial charge in [0.1, 0.15) is 11.5 Å². The highest BCUT2D eigenvalue weighted by Crippen LogP contribution is 2.13. The molecule has 0 aliphatic carbocycles. The van der Waals surface area contributed by atoms with Crippen molar-refractivity contribution in [3.8, 4) is 0 Å². The van der Waals surface area contributed by atoms with Gasteiger partial charge in [0, 0.05) is 19.2 Å². The second-order valence-electron chi connectivity index (χ2n) is 7.47. The quantitative estimate of drug-likeness (QED) is 0.443. The van der Waals surface area contributed by atoms with Crippen molar-refractivity contribution in [1.82, 2.24) is 14.7 Å². The number of carbonyl (C=O) groups excluding carboxylic acids is 1. The molecule has 0 aliphatic heterocycles. The Labute approximate surface area is 185 Å². The van der Waals surface area contributed by atoms with Gasteiger partial charge in [0.15, 0.2) is 0 Å². The standard InChI is InChI=1S/C26H22FN3O2/c27-23-13-11-22(12-14-23)19-30-25(31)16-15-24(28-30)26(32)29(17-20-7-3-1-4-8-20)18-21-9-5-2-6-10-21/h1-16H,17-19H2. The van der Waals surface area contributed by atoms with E-state index in [9.17, 15) is 14.0 Å². The molecule has 0 fully saturated rings. The Bertz CT molecular complexity index is 1200. The van der Waals surface area contributed by atoms with Gasteiger partial charge in [-0.3, -0.25) is 9.59 Å². The maximum absolute atomic E-state index is 13.4. The summed E-state index contributed by atoms with van der Waals surface area (Å²) in [5, 5.41) is 4.31. The van der Waals surface area contributed by atoms with Gasteiger partial charge in [0.05, 0.1) is 6.54 Å². The number of benzene rings is 3. The number of hydrogen-bond acceptors (Lipinski definition) is 3. The summed E-state index contributed by atoms with van der Waals surface area (Å²) in [6.45, 7) is 0.971. The van der Waals surface area contributed by atoms with Gasteiger partial charge in [-0.1, -0.05) is 72.8 Å².